The van der Waals surface area contributed by atoms with Gasteiger partial charge in [-0.05, 0) is 11.6 Å². The third-order valence-electron chi connectivity index (χ3n) is 3.65. The van der Waals surface area contributed by atoms with Gasteiger partial charge in [-0.3, -0.25) is 4.84 Å². The highest BCUT2D eigenvalue weighted by atomic mass is 35.5. The summed E-state index contributed by atoms with van der Waals surface area (Å²) in [5, 5.41) is 1.55. The lowest BCUT2D eigenvalue weighted by Crippen LogP contribution is -2.30. The van der Waals surface area contributed by atoms with Crippen molar-refractivity contribution >= 4 is 28.6 Å². The van der Waals surface area contributed by atoms with E-state index in [1.54, 1.807) is 0 Å². The fourth-order valence-corrected chi connectivity index (χ4v) is 2.53. The highest BCUT2D eigenvalue weighted by Crippen LogP contribution is 2.23. The number of fused-ring (bicyclic) bond motifs is 1. The molecule has 3 heterocycles. The van der Waals surface area contributed by atoms with E-state index in [2.05, 4.69) is 19.9 Å². The molecule has 28 heavy (non-hydrogen) atoms. The first-order valence-corrected chi connectivity index (χ1v) is 9.38. The van der Waals surface area contributed by atoms with Gasteiger partial charge >= 0.3 is 0 Å². The molecule has 2 aromatic heterocycles. The van der Waals surface area contributed by atoms with E-state index in [4.69, 9.17) is 40.1 Å². The van der Waals surface area contributed by atoms with Gasteiger partial charge < -0.3 is 28.7 Å². The number of nitrogens with zero attached hydrogens (tertiary/aromatic N) is 4. The van der Waals surface area contributed by atoms with E-state index in [0.717, 1.165) is 0 Å². The summed E-state index contributed by atoms with van der Waals surface area (Å²) in [7, 11) is 0. The van der Waals surface area contributed by atoms with Crippen LogP contribution in [-0.2, 0) is 28.5 Å². The van der Waals surface area contributed by atoms with E-state index >= 15 is 0 Å². The van der Waals surface area contributed by atoms with Crippen LogP contribution in [-0.4, -0.2) is 92.7 Å². The van der Waals surface area contributed by atoms with E-state index < -0.39 is 0 Å². The third-order valence-corrected chi connectivity index (χ3v) is 3.82. The summed E-state index contributed by atoms with van der Waals surface area (Å²) in [4.78, 5) is 21.2. The molecule has 0 saturated carbocycles. The minimum atomic E-state index is 0.0642. The number of hydrogen-bond acceptors (Lipinski definition) is 10. The van der Waals surface area contributed by atoms with Crippen molar-refractivity contribution in [3.05, 3.63) is 11.6 Å². The molecule has 3 rings (SSSR count). The number of imidazole rings is 1. The smallest absolute Gasteiger partial charge is 0.226 e. The maximum Gasteiger partial charge on any atom is 0.226 e. The van der Waals surface area contributed by atoms with Crippen molar-refractivity contribution in [3.63, 3.8) is 0 Å². The Balaban J connectivity index is 1.61. The number of H-pyrrole nitrogens is 1. The van der Waals surface area contributed by atoms with Gasteiger partial charge in [0, 0.05) is 0 Å². The van der Waals surface area contributed by atoms with Crippen molar-refractivity contribution in [2.75, 3.05) is 77.9 Å². The average Bonchev–Trinajstić information content (AvgIpc) is 3.16. The summed E-state index contributed by atoms with van der Waals surface area (Å²) in [5.74, 6) is 0.430. The number of nitrogens with one attached hydrogen (secondary N) is 1. The van der Waals surface area contributed by atoms with Crippen molar-refractivity contribution in [1.29, 1.82) is 0 Å². The molecule has 0 amide bonds. The van der Waals surface area contributed by atoms with Crippen LogP contribution >= 0.6 is 11.6 Å². The fraction of sp³-hybridized carbons (Fsp3) is 0.688. The van der Waals surface area contributed by atoms with Crippen molar-refractivity contribution < 1.29 is 28.5 Å². The second-order valence-corrected chi connectivity index (χ2v) is 5.95. The maximum absolute atomic E-state index is 6.01. The number of anilines is 1. The second-order valence-electron chi connectivity index (χ2n) is 5.62. The Labute approximate surface area is 167 Å². The van der Waals surface area contributed by atoms with Gasteiger partial charge in [0.2, 0.25) is 5.28 Å². The van der Waals surface area contributed by atoms with Gasteiger partial charge in [-0.1, -0.05) is 0 Å². The zero-order valence-electron chi connectivity index (χ0n) is 15.5. The molecule has 1 fully saturated rings. The molecule has 11 nitrogen and oxygen atoms in total. The van der Waals surface area contributed by atoms with Crippen LogP contribution in [0.25, 0.3) is 11.2 Å². The number of rotatable bonds is 1. The minimum absolute atomic E-state index is 0.0642. The summed E-state index contributed by atoms with van der Waals surface area (Å²) in [5.41, 5.74) is 1.03. The van der Waals surface area contributed by atoms with E-state index in [9.17, 15) is 0 Å². The van der Waals surface area contributed by atoms with Gasteiger partial charge in [-0.15, -0.1) is 0 Å². The quantitative estimate of drug-likeness (QED) is 0.668. The lowest BCUT2D eigenvalue weighted by molar-refractivity contribution is -0.0420. The molecule has 1 aliphatic heterocycles. The number of ether oxygens (including phenoxy) is 5. The minimum Gasteiger partial charge on any atom is -0.377 e. The molecule has 1 N–H and O–H groups in total. The average molecular weight is 418 g/mol. The predicted octanol–water partition coefficient (Wildman–Crippen LogP) is 0.798. The van der Waals surface area contributed by atoms with Gasteiger partial charge in [0.1, 0.15) is 12.2 Å². The first kappa shape index (κ1) is 21.1. The molecule has 0 unspecified atom stereocenters. The van der Waals surface area contributed by atoms with Crippen LogP contribution in [0.5, 0.6) is 0 Å². The van der Waals surface area contributed by atoms with Gasteiger partial charge in [0.15, 0.2) is 11.5 Å². The summed E-state index contributed by atoms with van der Waals surface area (Å²) >= 11 is 6.01. The van der Waals surface area contributed by atoms with Gasteiger partial charge in [0.25, 0.3) is 0 Å². The van der Waals surface area contributed by atoms with E-state index in [-0.39, 0.29) is 12.0 Å². The van der Waals surface area contributed by atoms with Crippen molar-refractivity contribution in [2.45, 2.75) is 0 Å². The molecule has 0 aromatic carbocycles. The van der Waals surface area contributed by atoms with Crippen molar-refractivity contribution in [2.24, 2.45) is 0 Å². The Morgan fingerprint density at radius 3 is 2.00 bits per heavy atom. The first-order valence-electron chi connectivity index (χ1n) is 9.00. The Hall–Kier alpha value is -1.60. The molecule has 0 atom stereocenters. The number of hydroxylamine groups is 1. The van der Waals surface area contributed by atoms with Crippen LogP contribution in [0, 0.1) is 0 Å². The number of aromatic nitrogens is 4. The van der Waals surface area contributed by atoms with Crippen LogP contribution in [0.3, 0.4) is 0 Å². The maximum atomic E-state index is 6.01. The van der Waals surface area contributed by atoms with Gasteiger partial charge in [-0.25, -0.2) is 10.0 Å². The molecule has 0 bridgehead atoms. The van der Waals surface area contributed by atoms with Crippen molar-refractivity contribution in [1.82, 2.24) is 19.9 Å². The highest BCUT2D eigenvalue weighted by molar-refractivity contribution is 6.28. The molecule has 156 valence electrons. The number of hydrogen-bond donors (Lipinski definition) is 1. The monoisotopic (exact) mass is 417 g/mol. The largest absolute Gasteiger partial charge is 0.377 e. The second kappa shape index (κ2) is 12.1. The summed E-state index contributed by atoms with van der Waals surface area (Å²) in [6.45, 7) is 4.60. The van der Waals surface area contributed by atoms with Gasteiger partial charge in [-0.2, -0.15) is 9.97 Å². The van der Waals surface area contributed by atoms with Gasteiger partial charge in [0.05, 0.1) is 72.4 Å². The van der Waals surface area contributed by atoms with Crippen LogP contribution < -0.4 is 5.06 Å². The molecule has 1 saturated heterocycles. The standard InChI is InChI=1S/C16H24ClN5O6/c17-16-20-14-13(18-11-19-14)15(21-16)22-12-27-8-7-25-4-3-23-1-2-24-5-6-26-9-10-28-22/h11H,1-10,12H2,(H,18,19,20,21). The van der Waals surface area contributed by atoms with E-state index in [0.29, 0.717) is 83.1 Å². The number of aromatic amines is 1. The predicted molar refractivity (Wildman–Crippen MR) is 99.2 cm³/mol. The molecule has 0 spiro atoms. The SMILES string of the molecule is Clc1nc(N2COCCOCCOCCOCCOCCO2)c2[nH]cnc2n1. The van der Waals surface area contributed by atoms with Crippen LogP contribution in [0.2, 0.25) is 5.28 Å². The zero-order valence-corrected chi connectivity index (χ0v) is 16.2. The third kappa shape index (κ3) is 6.78. The lowest BCUT2D eigenvalue weighted by atomic mass is 10.5. The normalized spacial score (nSPS) is 20.0. The zero-order chi connectivity index (χ0) is 19.4. The Morgan fingerprint density at radius 1 is 0.786 bits per heavy atom. The Morgan fingerprint density at radius 2 is 1.36 bits per heavy atom. The molecule has 0 aliphatic carbocycles. The topological polar surface area (TPSA) is 113 Å². The fourth-order valence-electron chi connectivity index (χ4n) is 2.37. The molecule has 12 heteroatoms. The number of halogens is 1. The van der Waals surface area contributed by atoms with Crippen LogP contribution in [0.4, 0.5) is 5.82 Å². The van der Waals surface area contributed by atoms with E-state index in [1.165, 1.54) is 11.4 Å². The first-order chi connectivity index (χ1) is 13.8. The molecular formula is C16H24ClN5O6. The summed E-state index contributed by atoms with van der Waals surface area (Å²) in [6.07, 6.45) is 1.52. The summed E-state index contributed by atoms with van der Waals surface area (Å²) < 4.78 is 27.4. The molecule has 1 aliphatic rings. The Bertz CT molecular complexity index is 687. The summed E-state index contributed by atoms with van der Waals surface area (Å²) in [6, 6.07) is 0. The Kier molecular flexibility index (Phi) is 9.10. The lowest BCUT2D eigenvalue weighted by Gasteiger charge is -2.23. The highest BCUT2D eigenvalue weighted by Gasteiger charge is 2.17. The van der Waals surface area contributed by atoms with Crippen LogP contribution in [0.15, 0.2) is 6.33 Å². The van der Waals surface area contributed by atoms with Crippen molar-refractivity contribution in [3.8, 4) is 0 Å². The molecular weight excluding hydrogens is 394 g/mol. The van der Waals surface area contributed by atoms with Crippen LogP contribution in [0.1, 0.15) is 0 Å². The molecule has 0 radical (unpaired) electrons. The molecule has 2 aromatic rings. The van der Waals surface area contributed by atoms with E-state index in [1.807, 2.05) is 0 Å².